The summed E-state index contributed by atoms with van der Waals surface area (Å²) >= 11 is 0. The highest BCUT2D eigenvalue weighted by atomic mass is 16.5. The van der Waals surface area contributed by atoms with Crippen LogP contribution in [0.3, 0.4) is 0 Å². The van der Waals surface area contributed by atoms with Gasteiger partial charge in [-0.05, 0) is 25.2 Å². The number of rotatable bonds is 9. The molecule has 1 aliphatic carbocycles. The van der Waals surface area contributed by atoms with Crippen molar-refractivity contribution in [1.29, 1.82) is 0 Å². The lowest BCUT2D eigenvalue weighted by molar-refractivity contribution is -0.0865. The van der Waals surface area contributed by atoms with Crippen LogP contribution >= 0.6 is 0 Å². The maximum atomic E-state index is 9.91. The third kappa shape index (κ3) is 6.14. The summed E-state index contributed by atoms with van der Waals surface area (Å²) in [7, 11) is 1.66. The molecule has 0 bridgehead atoms. The van der Waals surface area contributed by atoms with Gasteiger partial charge in [0.05, 0.1) is 38.6 Å². The molecule has 18 heavy (non-hydrogen) atoms. The highest BCUT2D eigenvalue weighted by molar-refractivity contribution is 4.80. The Hall–Kier alpha value is -0.160. The van der Waals surface area contributed by atoms with Gasteiger partial charge < -0.3 is 19.3 Å². The maximum Gasteiger partial charge on any atom is 0.0837 e. The quantitative estimate of drug-likeness (QED) is 0.644. The zero-order valence-corrected chi connectivity index (χ0v) is 11.8. The number of hydrogen-bond donors (Lipinski definition) is 1. The Labute approximate surface area is 111 Å². The Bertz CT molecular complexity index is 198. The van der Waals surface area contributed by atoms with Gasteiger partial charge in [-0.3, -0.25) is 0 Å². The summed E-state index contributed by atoms with van der Waals surface area (Å²) < 4.78 is 16.0. The van der Waals surface area contributed by atoms with Gasteiger partial charge >= 0.3 is 0 Å². The van der Waals surface area contributed by atoms with E-state index >= 15 is 0 Å². The molecule has 0 aromatic rings. The molecule has 1 aliphatic rings. The second kappa shape index (κ2) is 9.73. The minimum Gasteiger partial charge on any atom is -0.390 e. The van der Waals surface area contributed by atoms with Crippen molar-refractivity contribution in [3.05, 3.63) is 0 Å². The smallest absolute Gasteiger partial charge is 0.0837 e. The van der Waals surface area contributed by atoms with E-state index in [0.29, 0.717) is 26.4 Å². The molecule has 0 saturated heterocycles. The van der Waals surface area contributed by atoms with E-state index in [1.807, 2.05) is 0 Å². The topological polar surface area (TPSA) is 47.9 Å². The van der Waals surface area contributed by atoms with Crippen LogP contribution in [0.4, 0.5) is 0 Å². The largest absolute Gasteiger partial charge is 0.390 e. The zero-order chi connectivity index (χ0) is 13.2. The van der Waals surface area contributed by atoms with Crippen LogP contribution in [0.1, 0.15) is 39.0 Å². The van der Waals surface area contributed by atoms with Crippen LogP contribution < -0.4 is 0 Å². The average Bonchev–Trinajstić information content (AvgIpc) is 2.37. The van der Waals surface area contributed by atoms with Gasteiger partial charge in [0.15, 0.2) is 0 Å². The van der Waals surface area contributed by atoms with Gasteiger partial charge in [0.2, 0.25) is 0 Å². The van der Waals surface area contributed by atoms with Crippen molar-refractivity contribution >= 4 is 0 Å². The van der Waals surface area contributed by atoms with Gasteiger partial charge in [0.25, 0.3) is 0 Å². The molecule has 0 aromatic heterocycles. The number of aliphatic hydroxyl groups excluding tert-OH is 1. The van der Waals surface area contributed by atoms with Crippen LogP contribution in [-0.4, -0.2) is 50.9 Å². The molecule has 1 rings (SSSR count). The minimum atomic E-state index is -0.294. The number of ether oxygens (including phenoxy) is 3. The van der Waals surface area contributed by atoms with E-state index in [2.05, 4.69) is 6.92 Å². The second-order valence-corrected chi connectivity index (χ2v) is 5.05. The lowest BCUT2D eigenvalue weighted by Gasteiger charge is -2.33. The van der Waals surface area contributed by atoms with Gasteiger partial charge in [-0.15, -0.1) is 0 Å². The van der Waals surface area contributed by atoms with Crippen LogP contribution in [-0.2, 0) is 14.2 Å². The van der Waals surface area contributed by atoms with Crippen LogP contribution in [0.25, 0.3) is 0 Å². The van der Waals surface area contributed by atoms with E-state index < -0.39 is 0 Å². The number of aliphatic hydroxyl groups is 1. The molecule has 0 radical (unpaired) electrons. The summed E-state index contributed by atoms with van der Waals surface area (Å²) in [6, 6.07) is 0. The summed E-state index contributed by atoms with van der Waals surface area (Å²) in [5, 5.41) is 9.91. The maximum absolute atomic E-state index is 9.91. The van der Waals surface area contributed by atoms with E-state index in [0.717, 1.165) is 25.2 Å². The molecule has 0 aliphatic heterocycles. The number of methoxy groups -OCH3 is 1. The summed E-state index contributed by atoms with van der Waals surface area (Å²) in [5.74, 6) is 0.720. The standard InChI is InChI=1S/C14H28O4/c1-3-4-12-5-6-13(15)14(11-12)18-10-9-17-8-7-16-2/h12-15H,3-11H2,1-2H3. The first-order chi connectivity index (χ1) is 8.77. The Balaban J connectivity index is 2.10. The van der Waals surface area contributed by atoms with Crippen molar-refractivity contribution in [3.8, 4) is 0 Å². The van der Waals surface area contributed by atoms with Crippen LogP contribution in [0.15, 0.2) is 0 Å². The molecular formula is C14H28O4. The first-order valence-corrected chi connectivity index (χ1v) is 7.14. The molecule has 3 unspecified atom stereocenters. The van der Waals surface area contributed by atoms with Gasteiger partial charge in [-0.2, -0.15) is 0 Å². The third-order valence-corrected chi connectivity index (χ3v) is 3.55. The molecule has 0 heterocycles. The summed E-state index contributed by atoms with van der Waals surface area (Å²) in [4.78, 5) is 0. The van der Waals surface area contributed by atoms with E-state index in [9.17, 15) is 5.11 Å². The number of hydrogen-bond acceptors (Lipinski definition) is 4. The van der Waals surface area contributed by atoms with Crippen LogP contribution in [0, 0.1) is 5.92 Å². The molecule has 1 fully saturated rings. The fraction of sp³-hybridized carbons (Fsp3) is 1.00. The van der Waals surface area contributed by atoms with Crippen molar-refractivity contribution < 1.29 is 19.3 Å². The monoisotopic (exact) mass is 260 g/mol. The highest BCUT2D eigenvalue weighted by Gasteiger charge is 2.29. The zero-order valence-electron chi connectivity index (χ0n) is 11.8. The summed E-state index contributed by atoms with van der Waals surface area (Å²) in [6.45, 7) is 4.57. The lowest BCUT2D eigenvalue weighted by atomic mass is 9.83. The summed E-state index contributed by atoms with van der Waals surface area (Å²) in [5.41, 5.74) is 0. The lowest BCUT2D eigenvalue weighted by Crippen LogP contribution is -2.36. The Morgan fingerprint density at radius 2 is 1.89 bits per heavy atom. The van der Waals surface area contributed by atoms with E-state index in [1.54, 1.807) is 7.11 Å². The normalized spacial score (nSPS) is 28.5. The van der Waals surface area contributed by atoms with Gasteiger partial charge in [-0.25, -0.2) is 0 Å². The molecule has 1 saturated carbocycles. The van der Waals surface area contributed by atoms with Crippen molar-refractivity contribution in [1.82, 2.24) is 0 Å². The second-order valence-electron chi connectivity index (χ2n) is 5.05. The Morgan fingerprint density at radius 1 is 1.11 bits per heavy atom. The SMILES string of the molecule is CCCC1CCC(O)C(OCCOCCOC)C1. The third-order valence-electron chi connectivity index (χ3n) is 3.55. The predicted octanol–water partition coefficient (Wildman–Crippen LogP) is 2.00. The van der Waals surface area contributed by atoms with Crippen molar-refractivity contribution in [2.75, 3.05) is 33.5 Å². The molecule has 0 spiro atoms. The van der Waals surface area contributed by atoms with E-state index in [-0.39, 0.29) is 12.2 Å². The van der Waals surface area contributed by atoms with E-state index in [4.69, 9.17) is 14.2 Å². The molecule has 1 N–H and O–H groups in total. The molecule has 4 heteroatoms. The molecule has 0 amide bonds. The molecular weight excluding hydrogens is 232 g/mol. The average molecular weight is 260 g/mol. The fourth-order valence-corrected chi connectivity index (χ4v) is 2.55. The predicted molar refractivity (Wildman–Crippen MR) is 70.7 cm³/mol. The summed E-state index contributed by atoms with van der Waals surface area (Å²) in [6.07, 6.45) is 5.18. The van der Waals surface area contributed by atoms with Gasteiger partial charge in [0.1, 0.15) is 0 Å². The van der Waals surface area contributed by atoms with Crippen molar-refractivity contribution in [2.45, 2.75) is 51.2 Å². The van der Waals surface area contributed by atoms with Crippen LogP contribution in [0.2, 0.25) is 0 Å². The van der Waals surface area contributed by atoms with Crippen molar-refractivity contribution in [2.24, 2.45) is 5.92 Å². The molecule has 0 aromatic carbocycles. The first kappa shape index (κ1) is 15.9. The van der Waals surface area contributed by atoms with Crippen LogP contribution in [0.5, 0.6) is 0 Å². The molecule has 4 nitrogen and oxygen atoms in total. The fourth-order valence-electron chi connectivity index (χ4n) is 2.55. The van der Waals surface area contributed by atoms with Crippen molar-refractivity contribution in [3.63, 3.8) is 0 Å². The minimum absolute atomic E-state index is 0.00123. The Kier molecular flexibility index (Phi) is 8.59. The first-order valence-electron chi connectivity index (χ1n) is 7.14. The van der Waals surface area contributed by atoms with Gasteiger partial charge in [-0.1, -0.05) is 19.8 Å². The molecule has 108 valence electrons. The Morgan fingerprint density at radius 3 is 2.61 bits per heavy atom. The molecule has 3 atom stereocenters. The van der Waals surface area contributed by atoms with E-state index in [1.165, 1.54) is 12.8 Å². The van der Waals surface area contributed by atoms with Gasteiger partial charge in [0, 0.05) is 7.11 Å². The highest BCUT2D eigenvalue weighted by Crippen LogP contribution is 2.29.